The maximum absolute atomic E-state index is 12.3. The fraction of sp³-hybridized carbons (Fsp3) is 0.280. The zero-order valence-electron chi connectivity index (χ0n) is 18.2. The van der Waals surface area contributed by atoms with E-state index in [0.717, 1.165) is 42.8 Å². The Morgan fingerprint density at radius 3 is 2.53 bits per heavy atom. The summed E-state index contributed by atoms with van der Waals surface area (Å²) in [6, 6.07) is 13.4. The molecule has 0 radical (unpaired) electrons. The SMILES string of the molecule is CNCc1ccc(-c2cc(-c3cncc(-c4ccc(=O)n(CC5(C)CC5)c4)n3)on2)cc1. The third-order valence-electron chi connectivity index (χ3n) is 5.96. The topological polar surface area (TPSA) is 85.8 Å². The van der Waals surface area contributed by atoms with E-state index < -0.39 is 0 Å². The monoisotopic (exact) mass is 427 g/mol. The molecule has 7 heteroatoms. The molecule has 0 saturated heterocycles. The van der Waals surface area contributed by atoms with Crippen LogP contribution in [0.5, 0.6) is 0 Å². The summed E-state index contributed by atoms with van der Waals surface area (Å²) in [5, 5.41) is 7.35. The van der Waals surface area contributed by atoms with E-state index in [2.05, 4.69) is 34.5 Å². The van der Waals surface area contributed by atoms with Gasteiger partial charge in [0.2, 0.25) is 0 Å². The second-order valence-corrected chi connectivity index (χ2v) is 8.79. The number of nitrogens with one attached hydrogen (secondary N) is 1. The Balaban J connectivity index is 1.41. The van der Waals surface area contributed by atoms with Gasteiger partial charge in [0.05, 0.1) is 18.1 Å². The molecule has 1 aromatic carbocycles. The van der Waals surface area contributed by atoms with E-state index >= 15 is 0 Å². The fourth-order valence-corrected chi connectivity index (χ4v) is 3.74. The second kappa shape index (κ2) is 8.16. The van der Waals surface area contributed by atoms with Crippen molar-refractivity contribution in [2.45, 2.75) is 32.9 Å². The number of pyridine rings is 1. The first kappa shape index (κ1) is 20.3. The van der Waals surface area contributed by atoms with Crippen molar-refractivity contribution in [1.29, 1.82) is 0 Å². The Kier molecular flexibility index (Phi) is 5.19. The van der Waals surface area contributed by atoms with Crippen molar-refractivity contribution >= 4 is 0 Å². The van der Waals surface area contributed by atoms with Crippen molar-refractivity contribution in [3.63, 3.8) is 0 Å². The van der Waals surface area contributed by atoms with Gasteiger partial charge in [-0.15, -0.1) is 0 Å². The Hall–Kier alpha value is -3.58. The van der Waals surface area contributed by atoms with Gasteiger partial charge in [-0.25, -0.2) is 4.98 Å². The maximum Gasteiger partial charge on any atom is 0.250 e. The summed E-state index contributed by atoms with van der Waals surface area (Å²) in [7, 11) is 1.93. The number of rotatable bonds is 7. The van der Waals surface area contributed by atoms with Crippen LogP contribution in [0.4, 0.5) is 0 Å². The molecule has 5 rings (SSSR count). The summed E-state index contributed by atoms with van der Waals surface area (Å²) in [6.07, 6.45) is 7.55. The standard InChI is InChI=1S/C25H25N5O2/c1-25(9-10-25)16-30-15-19(7-8-24(30)31)21-13-27-14-22(28-21)23-11-20(29-32-23)18-5-3-17(4-6-18)12-26-2/h3-8,11,13-15,26H,9-10,12,16H2,1-2H3. The Morgan fingerprint density at radius 1 is 1.03 bits per heavy atom. The number of benzene rings is 1. The largest absolute Gasteiger partial charge is 0.354 e. The molecular formula is C25H25N5O2. The minimum atomic E-state index is 0.00611. The van der Waals surface area contributed by atoms with Crippen LogP contribution >= 0.6 is 0 Å². The highest BCUT2D eigenvalue weighted by atomic mass is 16.5. The van der Waals surface area contributed by atoms with Gasteiger partial charge in [0.15, 0.2) is 5.76 Å². The molecule has 3 heterocycles. The second-order valence-electron chi connectivity index (χ2n) is 8.79. The van der Waals surface area contributed by atoms with Crippen LogP contribution in [0, 0.1) is 5.41 Å². The maximum atomic E-state index is 12.3. The molecule has 0 bridgehead atoms. The number of hydrogen-bond acceptors (Lipinski definition) is 6. The minimum absolute atomic E-state index is 0.00611. The van der Waals surface area contributed by atoms with Gasteiger partial charge < -0.3 is 14.4 Å². The average molecular weight is 428 g/mol. The van der Waals surface area contributed by atoms with E-state index in [1.165, 1.54) is 5.56 Å². The van der Waals surface area contributed by atoms with Gasteiger partial charge in [-0.1, -0.05) is 36.3 Å². The first-order valence-electron chi connectivity index (χ1n) is 10.8. The molecule has 7 nitrogen and oxygen atoms in total. The summed E-state index contributed by atoms with van der Waals surface area (Å²) in [4.78, 5) is 21.4. The summed E-state index contributed by atoms with van der Waals surface area (Å²) in [6.45, 7) is 3.76. The number of aromatic nitrogens is 4. The summed E-state index contributed by atoms with van der Waals surface area (Å²) < 4.78 is 7.35. The van der Waals surface area contributed by atoms with Crippen LogP contribution in [0.15, 0.2) is 70.4 Å². The van der Waals surface area contributed by atoms with E-state index in [-0.39, 0.29) is 11.0 Å². The van der Waals surface area contributed by atoms with E-state index in [0.29, 0.717) is 17.1 Å². The normalized spacial score (nSPS) is 14.4. The minimum Gasteiger partial charge on any atom is -0.354 e. The summed E-state index contributed by atoms with van der Waals surface area (Å²) in [5.74, 6) is 0.549. The predicted molar refractivity (Wildman–Crippen MR) is 123 cm³/mol. The van der Waals surface area contributed by atoms with Crippen molar-refractivity contribution in [2.24, 2.45) is 5.41 Å². The first-order chi connectivity index (χ1) is 15.5. The van der Waals surface area contributed by atoms with Crippen LogP contribution in [0.3, 0.4) is 0 Å². The van der Waals surface area contributed by atoms with Gasteiger partial charge in [-0.05, 0) is 36.9 Å². The quantitative estimate of drug-likeness (QED) is 0.477. The fourth-order valence-electron chi connectivity index (χ4n) is 3.74. The third kappa shape index (κ3) is 4.24. The average Bonchev–Trinajstić information content (AvgIpc) is 3.33. The number of nitrogens with zero attached hydrogens (tertiary/aromatic N) is 4. The van der Waals surface area contributed by atoms with Gasteiger partial charge in [0, 0.05) is 42.5 Å². The molecule has 1 saturated carbocycles. The van der Waals surface area contributed by atoms with E-state index in [1.54, 1.807) is 29.1 Å². The van der Waals surface area contributed by atoms with Crippen molar-refractivity contribution in [2.75, 3.05) is 7.05 Å². The highest BCUT2D eigenvalue weighted by molar-refractivity contribution is 5.66. The zero-order valence-corrected chi connectivity index (χ0v) is 18.2. The molecule has 32 heavy (non-hydrogen) atoms. The van der Waals surface area contributed by atoms with Crippen molar-refractivity contribution < 1.29 is 4.52 Å². The molecule has 0 aliphatic heterocycles. The molecule has 0 spiro atoms. The van der Waals surface area contributed by atoms with Gasteiger partial charge in [0.25, 0.3) is 5.56 Å². The van der Waals surface area contributed by atoms with Crippen molar-refractivity contribution in [3.8, 4) is 34.0 Å². The molecule has 0 atom stereocenters. The lowest BCUT2D eigenvalue weighted by atomic mass is 10.1. The Morgan fingerprint density at radius 2 is 1.78 bits per heavy atom. The molecular weight excluding hydrogens is 402 g/mol. The molecule has 1 fully saturated rings. The molecule has 162 valence electrons. The lowest BCUT2D eigenvalue weighted by Gasteiger charge is -2.12. The van der Waals surface area contributed by atoms with E-state index in [1.807, 2.05) is 31.4 Å². The third-order valence-corrected chi connectivity index (χ3v) is 5.96. The molecule has 0 unspecified atom stereocenters. The van der Waals surface area contributed by atoms with Crippen molar-refractivity contribution in [3.05, 3.63) is 77.0 Å². The summed E-state index contributed by atoms with van der Waals surface area (Å²) >= 11 is 0. The van der Waals surface area contributed by atoms with Crippen LogP contribution < -0.4 is 10.9 Å². The lowest BCUT2D eigenvalue weighted by Crippen LogP contribution is -2.22. The van der Waals surface area contributed by atoms with Crippen LogP contribution in [-0.4, -0.2) is 26.7 Å². The Bertz CT molecular complexity index is 1300. The van der Waals surface area contributed by atoms with Crippen molar-refractivity contribution in [1.82, 2.24) is 25.0 Å². The van der Waals surface area contributed by atoms with Crippen LogP contribution in [0.1, 0.15) is 25.3 Å². The molecule has 0 amide bonds. The molecule has 3 aromatic heterocycles. The van der Waals surface area contributed by atoms with Crippen LogP contribution in [-0.2, 0) is 13.1 Å². The first-order valence-corrected chi connectivity index (χ1v) is 10.8. The molecule has 4 aromatic rings. The lowest BCUT2D eigenvalue weighted by molar-refractivity contribution is 0.433. The smallest absolute Gasteiger partial charge is 0.250 e. The molecule has 1 aliphatic carbocycles. The highest BCUT2D eigenvalue weighted by Gasteiger charge is 2.37. The zero-order chi connectivity index (χ0) is 22.1. The number of hydrogen-bond donors (Lipinski definition) is 1. The van der Waals surface area contributed by atoms with Gasteiger partial charge in [-0.3, -0.25) is 9.78 Å². The summed E-state index contributed by atoms with van der Waals surface area (Å²) in [5.41, 5.74) is 5.30. The van der Waals surface area contributed by atoms with Gasteiger partial charge >= 0.3 is 0 Å². The Labute approximate surface area is 186 Å². The van der Waals surface area contributed by atoms with Crippen LogP contribution in [0.2, 0.25) is 0 Å². The van der Waals surface area contributed by atoms with E-state index in [4.69, 9.17) is 9.51 Å². The predicted octanol–water partition coefficient (Wildman–Crippen LogP) is 4.15. The molecule has 1 aliphatic rings. The van der Waals surface area contributed by atoms with Crippen LogP contribution in [0.25, 0.3) is 34.0 Å². The molecule has 1 N–H and O–H groups in total. The van der Waals surface area contributed by atoms with Gasteiger partial charge in [-0.2, -0.15) is 0 Å². The van der Waals surface area contributed by atoms with Gasteiger partial charge in [0.1, 0.15) is 11.4 Å². The highest BCUT2D eigenvalue weighted by Crippen LogP contribution is 2.46. The van der Waals surface area contributed by atoms with E-state index in [9.17, 15) is 4.79 Å².